The second-order valence-electron chi connectivity index (χ2n) is 4.87. The van der Waals surface area contributed by atoms with Crippen molar-refractivity contribution < 1.29 is 4.74 Å². The Labute approximate surface area is 121 Å². The Bertz CT molecular complexity index is 835. The first-order valence-corrected chi connectivity index (χ1v) is 6.68. The van der Waals surface area contributed by atoms with Gasteiger partial charge in [0.15, 0.2) is 0 Å². The average molecular weight is 284 g/mol. The molecule has 0 saturated heterocycles. The molecule has 0 unspecified atom stereocenters. The lowest BCUT2D eigenvalue weighted by Crippen LogP contribution is -2.21. The third-order valence-corrected chi connectivity index (χ3v) is 3.44. The Balaban J connectivity index is 1.93. The Kier molecular flexibility index (Phi) is 3.43. The quantitative estimate of drug-likeness (QED) is 0.726. The van der Waals surface area contributed by atoms with Crippen LogP contribution >= 0.6 is 0 Å². The van der Waals surface area contributed by atoms with Crippen molar-refractivity contribution in [1.82, 2.24) is 19.3 Å². The van der Waals surface area contributed by atoms with Crippen LogP contribution in [0.3, 0.4) is 0 Å². The van der Waals surface area contributed by atoms with Gasteiger partial charge in [0.05, 0.1) is 25.0 Å². The molecule has 0 spiro atoms. The fourth-order valence-corrected chi connectivity index (χ4v) is 2.34. The maximum atomic E-state index is 12.5. The number of hydrogen-bond acceptors (Lipinski definition) is 4. The molecular formula is C15H16N4O2. The number of methoxy groups -OCH3 is 1. The van der Waals surface area contributed by atoms with Gasteiger partial charge in [-0.1, -0.05) is 6.07 Å². The van der Waals surface area contributed by atoms with E-state index in [-0.39, 0.29) is 5.56 Å². The third-order valence-electron chi connectivity index (χ3n) is 3.44. The smallest absolute Gasteiger partial charge is 0.261 e. The molecule has 0 aliphatic rings. The monoisotopic (exact) mass is 284 g/mol. The summed E-state index contributed by atoms with van der Waals surface area (Å²) in [5.74, 6) is 0.615. The first kappa shape index (κ1) is 13.4. The largest absolute Gasteiger partial charge is 0.494 e. The lowest BCUT2D eigenvalue weighted by atomic mass is 10.2. The highest BCUT2D eigenvalue weighted by molar-refractivity contribution is 5.83. The molecule has 2 aromatic heterocycles. The van der Waals surface area contributed by atoms with Crippen LogP contribution in [0.1, 0.15) is 5.56 Å². The number of ether oxygens (including phenoxy) is 1. The van der Waals surface area contributed by atoms with E-state index >= 15 is 0 Å². The predicted molar refractivity (Wildman–Crippen MR) is 79.5 cm³/mol. The molecule has 6 heteroatoms. The minimum atomic E-state index is -0.0530. The molecule has 3 rings (SSSR count). The first-order valence-electron chi connectivity index (χ1n) is 6.68. The normalized spacial score (nSPS) is 11.0. The van der Waals surface area contributed by atoms with Gasteiger partial charge >= 0.3 is 0 Å². The Morgan fingerprint density at radius 2 is 2.19 bits per heavy atom. The SMILES string of the molecule is COc1cccc2c(=O)n(CCc3cnn(C)c3)cnc12. The maximum absolute atomic E-state index is 12.5. The van der Waals surface area contributed by atoms with E-state index in [0.717, 1.165) is 12.0 Å². The van der Waals surface area contributed by atoms with Crippen molar-refractivity contribution in [3.8, 4) is 5.75 Å². The third kappa shape index (κ3) is 2.52. The number of para-hydroxylation sites is 1. The zero-order valence-electron chi connectivity index (χ0n) is 12.0. The summed E-state index contributed by atoms with van der Waals surface area (Å²) in [7, 11) is 3.45. The molecule has 0 saturated carbocycles. The van der Waals surface area contributed by atoms with Crippen LogP contribution in [0.5, 0.6) is 5.75 Å². The van der Waals surface area contributed by atoms with Crippen molar-refractivity contribution in [2.24, 2.45) is 7.05 Å². The average Bonchev–Trinajstić information content (AvgIpc) is 2.92. The van der Waals surface area contributed by atoms with E-state index in [0.29, 0.717) is 23.2 Å². The van der Waals surface area contributed by atoms with Crippen molar-refractivity contribution in [1.29, 1.82) is 0 Å². The van der Waals surface area contributed by atoms with E-state index in [9.17, 15) is 4.79 Å². The molecule has 6 nitrogen and oxygen atoms in total. The highest BCUT2D eigenvalue weighted by Crippen LogP contribution is 2.20. The minimum Gasteiger partial charge on any atom is -0.494 e. The van der Waals surface area contributed by atoms with Gasteiger partial charge in [0, 0.05) is 19.8 Å². The molecule has 0 N–H and O–H groups in total. The number of aromatic nitrogens is 4. The topological polar surface area (TPSA) is 61.9 Å². The minimum absolute atomic E-state index is 0.0530. The summed E-state index contributed by atoms with van der Waals surface area (Å²) >= 11 is 0. The van der Waals surface area contributed by atoms with Gasteiger partial charge in [-0.25, -0.2) is 4.98 Å². The van der Waals surface area contributed by atoms with Gasteiger partial charge in [-0.15, -0.1) is 0 Å². The van der Waals surface area contributed by atoms with Crippen LogP contribution in [0.4, 0.5) is 0 Å². The van der Waals surface area contributed by atoms with Crippen molar-refractivity contribution in [3.05, 3.63) is 52.8 Å². The Morgan fingerprint density at radius 3 is 2.90 bits per heavy atom. The molecule has 3 aromatic rings. The van der Waals surface area contributed by atoms with Gasteiger partial charge < -0.3 is 4.74 Å². The Morgan fingerprint density at radius 1 is 1.33 bits per heavy atom. The van der Waals surface area contributed by atoms with Gasteiger partial charge in [-0.05, 0) is 24.1 Å². The lowest BCUT2D eigenvalue weighted by Gasteiger charge is -2.08. The van der Waals surface area contributed by atoms with Crippen LogP contribution in [0.2, 0.25) is 0 Å². The van der Waals surface area contributed by atoms with Crippen LogP contribution in [0.25, 0.3) is 10.9 Å². The second kappa shape index (κ2) is 5.40. The summed E-state index contributed by atoms with van der Waals surface area (Å²) in [6.07, 6.45) is 6.07. The number of benzene rings is 1. The van der Waals surface area contributed by atoms with E-state index < -0.39 is 0 Å². The highest BCUT2D eigenvalue weighted by Gasteiger charge is 2.08. The van der Waals surface area contributed by atoms with Gasteiger partial charge in [0.25, 0.3) is 5.56 Å². The Hall–Kier alpha value is -2.63. The zero-order chi connectivity index (χ0) is 14.8. The number of rotatable bonds is 4. The van der Waals surface area contributed by atoms with Gasteiger partial charge in [-0.2, -0.15) is 5.10 Å². The van der Waals surface area contributed by atoms with Gasteiger partial charge in [0.1, 0.15) is 11.3 Å². The molecule has 21 heavy (non-hydrogen) atoms. The van der Waals surface area contributed by atoms with Crippen molar-refractivity contribution in [3.63, 3.8) is 0 Å². The van der Waals surface area contributed by atoms with Gasteiger partial charge in [-0.3, -0.25) is 14.0 Å². The second-order valence-corrected chi connectivity index (χ2v) is 4.87. The lowest BCUT2D eigenvalue weighted by molar-refractivity contribution is 0.418. The standard InChI is InChI=1S/C15H16N4O2/c1-18-9-11(8-17-18)6-7-19-10-16-14-12(15(19)20)4-3-5-13(14)21-2/h3-5,8-10H,6-7H2,1-2H3. The number of hydrogen-bond donors (Lipinski definition) is 0. The zero-order valence-corrected chi connectivity index (χ0v) is 12.0. The molecule has 0 bridgehead atoms. The summed E-state index contributed by atoms with van der Waals surface area (Å²) in [4.78, 5) is 16.8. The van der Waals surface area contributed by atoms with Crippen LogP contribution < -0.4 is 10.3 Å². The van der Waals surface area contributed by atoms with Crippen molar-refractivity contribution in [2.75, 3.05) is 7.11 Å². The molecule has 2 heterocycles. The summed E-state index contributed by atoms with van der Waals surface area (Å²) < 4.78 is 8.60. The van der Waals surface area contributed by atoms with E-state index in [1.807, 2.05) is 19.4 Å². The molecule has 0 aliphatic heterocycles. The number of nitrogens with zero attached hydrogens (tertiary/aromatic N) is 4. The maximum Gasteiger partial charge on any atom is 0.261 e. The number of aryl methyl sites for hydroxylation is 3. The first-order chi connectivity index (χ1) is 10.2. The van der Waals surface area contributed by atoms with E-state index in [4.69, 9.17) is 4.74 Å². The van der Waals surface area contributed by atoms with Gasteiger partial charge in [0.2, 0.25) is 0 Å². The predicted octanol–water partition coefficient (Wildman–Crippen LogP) is 1.38. The molecule has 0 aliphatic carbocycles. The van der Waals surface area contributed by atoms with E-state index in [1.165, 1.54) is 0 Å². The number of fused-ring (bicyclic) bond motifs is 1. The van der Waals surface area contributed by atoms with Crippen molar-refractivity contribution in [2.45, 2.75) is 13.0 Å². The highest BCUT2D eigenvalue weighted by atomic mass is 16.5. The fourth-order valence-electron chi connectivity index (χ4n) is 2.34. The summed E-state index contributed by atoms with van der Waals surface area (Å²) in [6, 6.07) is 5.37. The summed E-state index contributed by atoms with van der Waals surface area (Å²) in [5.41, 5.74) is 1.64. The molecule has 0 atom stereocenters. The molecule has 0 amide bonds. The molecule has 0 fully saturated rings. The van der Waals surface area contributed by atoms with Crippen LogP contribution in [0, 0.1) is 0 Å². The molecule has 108 valence electrons. The fraction of sp³-hybridized carbons (Fsp3) is 0.267. The van der Waals surface area contributed by atoms with Crippen LogP contribution in [-0.4, -0.2) is 26.4 Å². The van der Waals surface area contributed by atoms with Crippen molar-refractivity contribution >= 4 is 10.9 Å². The summed E-state index contributed by atoms with van der Waals surface area (Å²) in [5, 5.41) is 4.69. The molecule has 0 radical (unpaired) electrons. The molecule has 1 aromatic carbocycles. The summed E-state index contributed by atoms with van der Waals surface area (Å²) in [6.45, 7) is 0.574. The van der Waals surface area contributed by atoms with E-state index in [2.05, 4.69) is 10.1 Å². The molecular weight excluding hydrogens is 268 g/mol. The van der Waals surface area contributed by atoms with E-state index in [1.54, 1.807) is 40.9 Å². The van der Waals surface area contributed by atoms with Crippen LogP contribution in [0.15, 0.2) is 41.7 Å². The van der Waals surface area contributed by atoms with Crippen LogP contribution in [-0.2, 0) is 20.0 Å².